The summed E-state index contributed by atoms with van der Waals surface area (Å²) in [5, 5.41) is 35.1. The maximum atomic E-state index is 12.3. The molecule has 354 valence electrons. The van der Waals surface area contributed by atoms with Gasteiger partial charge in [0.25, 0.3) is 0 Å². The van der Waals surface area contributed by atoms with Crippen LogP contribution in [0.5, 0.6) is 0 Å². The van der Waals surface area contributed by atoms with Crippen molar-refractivity contribution >= 4 is 41.2 Å². The van der Waals surface area contributed by atoms with Crippen molar-refractivity contribution in [2.75, 3.05) is 72.6 Å². The van der Waals surface area contributed by atoms with Crippen molar-refractivity contribution < 1.29 is 67.8 Å². The van der Waals surface area contributed by atoms with Crippen LogP contribution in [-0.4, -0.2) is 135 Å². The molecule has 0 aliphatic carbocycles. The topological polar surface area (TPSA) is 253 Å². The van der Waals surface area contributed by atoms with E-state index in [4.69, 9.17) is 29.2 Å². The van der Waals surface area contributed by atoms with Crippen LogP contribution in [-0.2, 0) is 52.5 Å². The number of rotatable bonds is 46. The Morgan fingerprint density at radius 2 is 1.02 bits per heavy atom. The van der Waals surface area contributed by atoms with Gasteiger partial charge in [-0.15, -0.1) is 0 Å². The van der Waals surface area contributed by atoms with E-state index in [-0.39, 0.29) is 133 Å². The molecule has 61 heavy (non-hydrogen) atoms. The van der Waals surface area contributed by atoms with Gasteiger partial charge in [-0.3, -0.25) is 28.8 Å². The van der Waals surface area contributed by atoms with Crippen molar-refractivity contribution in [1.29, 1.82) is 0 Å². The number of aliphatic carboxylic acids is 2. The van der Waals surface area contributed by atoms with Gasteiger partial charge in [-0.25, -0.2) is 4.79 Å². The Bertz CT molecular complexity index is 1190. The molecular formula is C44H79N3O14. The second-order valence-corrected chi connectivity index (χ2v) is 15.3. The zero-order valence-corrected chi connectivity index (χ0v) is 37.0. The number of carbonyl (C=O) groups excluding carboxylic acids is 5. The van der Waals surface area contributed by atoms with Crippen molar-refractivity contribution in [1.82, 2.24) is 16.0 Å². The maximum absolute atomic E-state index is 12.3. The molecule has 3 amide bonds. The lowest BCUT2D eigenvalue weighted by Crippen LogP contribution is -2.41. The molecule has 0 rings (SSSR count). The lowest BCUT2D eigenvalue weighted by molar-refractivity contribution is -0.142. The summed E-state index contributed by atoms with van der Waals surface area (Å²) >= 11 is 0. The first-order valence-electron chi connectivity index (χ1n) is 22.7. The highest BCUT2D eigenvalue weighted by Crippen LogP contribution is 2.16. The number of Topliss-reactive ketones (excluding diaryl/α,β-unsaturated/α-hetero) is 2. The van der Waals surface area contributed by atoms with E-state index in [0.717, 1.165) is 77.0 Å². The lowest BCUT2D eigenvalue weighted by Gasteiger charge is -2.14. The molecule has 0 aliphatic heterocycles. The SMILES string of the molecule is CC[C@@H](CCCCNC(=O)COCCOCCNC(=O)COCCOCCCC(=O)CC[C@H](NC(=O)CCCCCCCCCCCCCCC(=O)O)C(=O)O)C(=O)CCO. The first-order chi connectivity index (χ1) is 29.5. The molecule has 17 nitrogen and oxygen atoms in total. The Hall–Kier alpha value is -3.51. The summed E-state index contributed by atoms with van der Waals surface area (Å²) in [6.45, 7) is 3.86. The summed E-state index contributed by atoms with van der Waals surface area (Å²) in [6.07, 6.45) is 16.9. The minimum atomic E-state index is -1.16. The Balaban J connectivity index is 3.68. The third kappa shape index (κ3) is 39.1. The number of ether oxygens (including phenoxy) is 4. The highest BCUT2D eigenvalue weighted by Gasteiger charge is 2.21. The number of aliphatic hydroxyl groups excluding tert-OH is 1. The smallest absolute Gasteiger partial charge is 0.326 e. The molecule has 6 N–H and O–H groups in total. The number of unbranched alkanes of at least 4 members (excludes halogenated alkanes) is 12. The number of hydrogen-bond donors (Lipinski definition) is 6. The van der Waals surface area contributed by atoms with Crippen LogP contribution < -0.4 is 16.0 Å². The maximum Gasteiger partial charge on any atom is 0.326 e. The molecule has 0 saturated carbocycles. The normalized spacial score (nSPS) is 12.1. The van der Waals surface area contributed by atoms with E-state index >= 15 is 0 Å². The van der Waals surface area contributed by atoms with Gasteiger partial charge in [-0.05, 0) is 44.9 Å². The van der Waals surface area contributed by atoms with Gasteiger partial charge in [0.2, 0.25) is 17.7 Å². The highest BCUT2D eigenvalue weighted by atomic mass is 16.5. The molecule has 0 aromatic heterocycles. The van der Waals surface area contributed by atoms with Gasteiger partial charge in [0, 0.05) is 64.3 Å². The summed E-state index contributed by atoms with van der Waals surface area (Å²) in [5.41, 5.74) is 0. The van der Waals surface area contributed by atoms with E-state index in [1.807, 2.05) is 6.92 Å². The van der Waals surface area contributed by atoms with Gasteiger partial charge >= 0.3 is 11.9 Å². The predicted octanol–water partition coefficient (Wildman–Crippen LogP) is 4.68. The van der Waals surface area contributed by atoms with Crippen LogP contribution in [0.2, 0.25) is 0 Å². The largest absolute Gasteiger partial charge is 0.481 e. The van der Waals surface area contributed by atoms with Crippen molar-refractivity contribution in [2.24, 2.45) is 5.92 Å². The molecule has 0 fully saturated rings. The monoisotopic (exact) mass is 874 g/mol. The van der Waals surface area contributed by atoms with Crippen LogP contribution in [0.15, 0.2) is 0 Å². The summed E-state index contributed by atoms with van der Waals surface area (Å²) in [4.78, 5) is 82.5. The second kappa shape index (κ2) is 41.8. The van der Waals surface area contributed by atoms with Crippen LogP contribution in [0.3, 0.4) is 0 Å². The number of carboxylic acid groups (broad SMARTS) is 2. The van der Waals surface area contributed by atoms with Gasteiger partial charge in [0.05, 0.1) is 33.0 Å². The fraction of sp³-hybridized carbons (Fsp3) is 0.841. The lowest BCUT2D eigenvalue weighted by atomic mass is 9.93. The zero-order valence-electron chi connectivity index (χ0n) is 37.0. The number of amides is 3. The van der Waals surface area contributed by atoms with Gasteiger partial charge < -0.3 is 50.2 Å². The van der Waals surface area contributed by atoms with E-state index in [1.54, 1.807) is 0 Å². The van der Waals surface area contributed by atoms with Gasteiger partial charge in [0.15, 0.2) is 0 Å². The highest BCUT2D eigenvalue weighted by molar-refractivity contribution is 5.85. The molecule has 0 spiro atoms. The standard InChI is InChI=1S/C44H79N3O14/c1-2-36(39(50)24-27-48)18-15-16-25-45-41(52)34-61-33-31-59-29-26-46-42(53)35-60-32-30-58-28-17-19-37(49)22-23-38(44(56)57)47-40(51)20-13-11-9-7-5-3-4-6-8-10-12-14-21-43(54)55/h36,38,48H,2-35H2,1H3,(H,45,52)(H,46,53)(H,47,51)(H,54,55)(H,56,57)/t36-,38-/m0/s1. The Labute approximate surface area is 363 Å². The van der Waals surface area contributed by atoms with E-state index in [0.29, 0.717) is 26.0 Å². The number of carboxylic acids is 2. The minimum absolute atomic E-state index is 0.0295. The first-order valence-corrected chi connectivity index (χ1v) is 22.7. The minimum Gasteiger partial charge on any atom is -0.481 e. The van der Waals surface area contributed by atoms with E-state index in [2.05, 4.69) is 16.0 Å². The first kappa shape index (κ1) is 57.5. The second-order valence-electron chi connectivity index (χ2n) is 15.3. The van der Waals surface area contributed by atoms with Crippen molar-refractivity contribution in [3.63, 3.8) is 0 Å². The molecule has 0 aromatic rings. The van der Waals surface area contributed by atoms with Crippen molar-refractivity contribution in [3.8, 4) is 0 Å². The average molecular weight is 874 g/mol. The van der Waals surface area contributed by atoms with Crippen LogP contribution in [0.25, 0.3) is 0 Å². The molecule has 0 aromatic carbocycles. The quantitative estimate of drug-likeness (QED) is 0.0455. The number of ketones is 2. The van der Waals surface area contributed by atoms with E-state index in [1.165, 1.54) is 19.3 Å². The number of nitrogens with one attached hydrogen (secondary N) is 3. The van der Waals surface area contributed by atoms with E-state index in [9.17, 15) is 38.7 Å². The molecule has 0 unspecified atom stereocenters. The van der Waals surface area contributed by atoms with Crippen molar-refractivity contribution in [2.45, 2.75) is 161 Å². The molecule has 0 aliphatic rings. The molecule has 0 bridgehead atoms. The Kier molecular flexibility index (Phi) is 39.4. The number of hydrogen-bond acceptors (Lipinski definition) is 12. The fourth-order valence-electron chi connectivity index (χ4n) is 6.44. The molecular weight excluding hydrogens is 794 g/mol. The summed E-state index contributed by atoms with van der Waals surface area (Å²) in [5.74, 6) is -2.81. The van der Waals surface area contributed by atoms with Crippen molar-refractivity contribution in [3.05, 3.63) is 0 Å². The fourth-order valence-corrected chi connectivity index (χ4v) is 6.44. The number of carbonyl (C=O) groups is 7. The summed E-state index contributed by atoms with van der Waals surface area (Å²) in [6, 6.07) is -1.11. The van der Waals surface area contributed by atoms with Crippen LogP contribution in [0.1, 0.15) is 155 Å². The van der Waals surface area contributed by atoms with E-state index < -0.39 is 18.0 Å². The average Bonchev–Trinajstić information content (AvgIpc) is 3.22. The molecule has 0 heterocycles. The molecule has 0 saturated heterocycles. The molecule has 17 heteroatoms. The van der Waals surface area contributed by atoms with Gasteiger partial charge in [0.1, 0.15) is 30.8 Å². The van der Waals surface area contributed by atoms with Crippen LogP contribution in [0, 0.1) is 5.92 Å². The van der Waals surface area contributed by atoms with Gasteiger partial charge in [-0.2, -0.15) is 0 Å². The van der Waals surface area contributed by atoms with Crippen LogP contribution in [0.4, 0.5) is 0 Å². The Morgan fingerprint density at radius 1 is 0.492 bits per heavy atom. The molecule has 0 radical (unpaired) electrons. The zero-order chi connectivity index (χ0) is 45.2. The van der Waals surface area contributed by atoms with Gasteiger partial charge in [-0.1, -0.05) is 77.6 Å². The molecule has 2 atom stereocenters. The number of aliphatic hydroxyl groups is 1. The predicted molar refractivity (Wildman–Crippen MR) is 229 cm³/mol. The Morgan fingerprint density at radius 3 is 1.56 bits per heavy atom. The third-order valence-electron chi connectivity index (χ3n) is 10.0. The van der Waals surface area contributed by atoms with Crippen LogP contribution >= 0.6 is 0 Å². The summed E-state index contributed by atoms with van der Waals surface area (Å²) < 4.78 is 21.4. The summed E-state index contributed by atoms with van der Waals surface area (Å²) in [7, 11) is 0. The third-order valence-corrected chi connectivity index (χ3v) is 10.0.